The van der Waals surface area contributed by atoms with Gasteiger partial charge in [-0.15, -0.1) is 0 Å². The molecule has 15 heteroatoms. The molecular weight excluding hydrogens is 1380 g/mol. The second kappa shape index (κ2) is 36.4. The van der Waals surface area contributed by atoms with Crippen molar-refractivity contribution in [2.45, 2.75) is 107 Å². The minimum absolute atomic E-state index is 0.0265. The number of phenols is 1. The van der Waals surface area contributed by atoms with Crippen LogP contribution >= 0.6 is 0 Å². The van der Waals surface area contributed by atoms with E-state index in [0.717, 1.165) is 55.1 Å². The molecule has 0 unspecified atom stereocenters. The number of hydrogen-bond donors (Lipinski definition) is 3. The molecule has 12 aromatic carbocycles. The van der Waals surface area contributed by atoms with Gasteiger partial charge in [0.1, 0.15) is 52.6 Å². The molecular formula is C92H104F4O9Si2. The topological polar surface area (TPSA) is 124 Å². The van der Waals surface area contributed by atoms with Crippen molar-refractivity contribution in [2.24, 2.45) is 21.7 Å². The van der Waals surface area contributed by atoms with Gasteiger partial charge in [-0.25, -0.2) is 17.6 Å². The largest absolute Gasteiger partial charge is 0.508 e. The van der Waals surface area contributed by atoms with Gasteiger partial charge >= 0.3 is 0 Å². The average Bonchev–Trinajstić information content (AvgIpc) is 0.752. The monoisotopic (exact) mass is 1480 g/mol. The zero-order valence-electron chi connectivity index (χ0n) is 64.2. The van der Waals surface area contributed by atoms with E-state index < -0.39 is 22.0 Å². The van der Waals surface area contributed by atoms with E-state index in [1.165, 1.54) is 63.2 Å². The first kappa shape index (κ1) is 83.2. The van der Waals surface area contributed by atoms with E-state index in [0.29, 0.717) is 44.5 Å². The zero-order valence-corrected chi connectivity index (χ0v) is 66.2. The Labute approximate surface area is 632 Å². The summed E-state index contributed by atoms with van der Waals surface area (Å²) in [7, 11) is -5.09. The Hall–Kier alpha value is -9.46. The van der Waals surface area contributed by atoms with Crippen LogP contribution in [-0.2, 0) is 13.6 Å². The molecule has 0 aliphatic rings. The summed E-state index contributed by atoms with van der Waals surface area (Å²) < 4.78 is 83.9. The normalized spacial score (nSPS) is 12.1. The standard InChI is InChI=1S/C31H35FO2Si.C21H30O2Si.C15H17FO2.C15H15FO2.C10H7FO/c1-30(2,3)35(28-12-8-6-9-13-28,29-14-10-7-11-15-29)34-23-31(4,5)22-33-27-19-17-24-16-18-26(32)20-25(24)21-27;1-20(2,3)24(18-12-8-6-9-13-18,19-14-10-7-11-15-19)23-17-21(4,5)16-22;2*1-15(2,9-17)10-18-14-6-4-11-3-5-13(16)7-12(11)8-14;11-9-3-1-7-2-4-10(12)6-8(7)5-9/h6-21H,22-23H2,1-5H3;6-15,22H,16-17H2,1-5H3;3-8,17H,9-10H2,1-2H3;3-9H,10H2,1-2H3;1-6,12H. The van der Waals surface area contributed by atoms with Gasteiger partial charge in [0.25, 0.3) is 16.6 Å². The second-order valence-corrected chi connectivity index (χ2v) is 40.9. The van der Waals surface area contributed by atoms with Crippen LogP contribution in [0.15, 0.2) is 267 Å². The van der Waals surface area contributed by atoms with Gasteiger partial charge in [-0.3, -0.25) is 0 Å². The first-order chi connectivity index (χ1) is 50.6. The summed E-state index contributed by atoms with van der Waals surface area (Å²) in [6.45, 7) is 32.1. The molecule has 0 heterocycles. The van der Waals surface area contributed by atoms with Gasteiger partial charge in [0, 0.05) is 29.5 Å². The predicted octanol–water partition coefficient (Wildman–Crippen LogP) is 20.2. The highest BCUT2D eigenvalue weighted by Gasteiger charge is 2.52. The van der Waals surface area contributed by atoms with E-state index >= 15 is 0 Å². The number of phenolic OH excluding ortho intramolecular Hbond substituents is 1. The number of aliphatic hydroxyl groups is 2. The number of carbonyl (C=O) groups is 1. The van der Waals surface area contributed by atoms with Crippen molar-refractivity contribution in [3.8, 4) is 23.0 Å². The molecule has 0 fully saturated rings. The maximum absolute atomic E-state index is 13.7. The van der Waals surface area contributed by atoms with Gasteiger partial charge < -0.3 is 43.2 Å². The number of ether oxygens (including phenoxy) is 3. The number of aliphatic hydroxyl groups excluding tert-OH is 2. The number of hydrogen-bond acceptors (Lipinski definition) is 9. The van der Waals surface area contributed by atoms with Crippen molar-refractivity contribution in [3.63, 3.8) is 0 Å². The van der Waals surface area contributed by atoms with Crippen molar-refractivity contribution >= 4 is 86.8 Å². The first-order valence-electron chi connectivity index (χ1n) is 36.1. The molecule has 9 nitrogen and oxygen atoms in total. The van der Waals surface area contributed by atoms with Gasteiger partial charge in [-0.05, 0) is 185 Å². The minimum Gasteiger partial charge on any atom is -0.508 e. The van der Waals surface area contributed by atoms with Gasteiger partial charge in [0.15, 0.2) is 0 Å². The minimum atomic E-state index is -2.61. The van der Waals surface area contributed by atoms with Crippen molar-refractivity contribution in [3.05, 3.63) is 290 Å². The van der Waals surface area contributed by atoms with Crippen LogP contribution in [0.25, 0.3) is 43.1 Å². The molecule has 107 heavy (non-hydrogen) atoms. The predicted molar refractivity (Wildman–Crippen MR) is 436 cm³/mol. The van der Waals surface area contributed by atoms with Crippen LogP contribution in [0.5, 0.6) is 23.0 Å². The molecule has 3 N–H and O–H groups in total. The molecule has 0 bridgehead atoms. The molecule has 0 spiro atoms. The summed E-state index contributed by atoms with van der Waals surface area (Å²) in [6.07, 6.45) is 0.869. The Bertz CT molecular complexity index is 4700. The molecule has 0 aliphatic heterocycles. The molecule has 562 valence electrons. The number of aldehydes is 1. The van der Waals surface area contributed by atoms with Crippen molar-refractivity contribution in [2.75, 3.05) is 46.2 Å². The summed E-state index contributed by atoms with van der Waals surface area (Å²) >= 11 is 0. The van der Waals surface area contributed by atoms with Crippen LogP contribution in [0.4, 0.5) is 17.6 Å². The fourth-order valence-corrected chi connectivity index (χ4v) is 21.7. The van der Waals surface area contributed by atoms with Crippen molar-refractivity contribution in [1.82, 2.24) is 0 Å². The Morgan fingerprint density at radius 2 is 0.570 bits per heavy atom. The smallest absolute Gasteiger partial charge is 0.261 e. The lowest BCUT2D eigenvalue weighted by atomic mass is 9.96. The highest BCUT2D eigenvalue weighted by atomic mass is 28.4. The Morgan fingerprint density at radius 3 is 0.869 bits per heavy atom. The van der Waals surface area contributed by atoms with E-state index in [2.05, 4.69) is 165 Å². The molecule has 0 amide bonds. The molecule has 12 rings (SSSR count). The van der Waals surface area contributed by atoms with E-state index in [1.807, 2.05) is 88.4 Å². The number of rotatable bonds is 22. The fourth-order valence-electron chi connectivity index (χ4n) is 12.2. The first-order valence-corrected chi connectivity index (χ1v) is 39.9. The van der Waals surface area contributed by atoms with Crippen molar-refractivity contribution < 1.29 is 60.7 Å². The third kappa shape index (κ3) is 23.0. The lowest BCUT2D eigenvalue weighted by Gasteiger charge is -2.44. The third-order valence-electron chi connectivity index (χ3n) is 18.3. The van der Waals surface area contributed by atoms with Crippen LogP contribution in [0.3, 0.4) is 0 Å². The molecule has 0 aliphatic carbocycles. The summed E-state index contributed by atoms with van der Waals surface area (Å²) in [5.74, 6) is 1.18. The van der Waals surface area contributed by atoms with Crippen LogP contribution in [0, 0.1) is 44.9 Å². The third-order valence-corrected chi connectivity index (χ3v) is 28.3. The van der Waals surface area contributed by atoms with Gasteiger partial charge in [-0.1, -0.05) is 253 Å². The maximum Gasteiger partial charge on any atom is 0.261 e. The number of carbonyl (C=O) groups excluding carboxylic acids is 1. The van der Waals surface area contributed by atoms with E-state index in [-0.39, 0.29) is 68.6 Å². The van der Waals surface area contributed by atoms with E-state index in [9.17, 15) is 27.5 Å². The molecule has 0 aromatic heterocycles. The average molecular weight is 1490 g/mol. The number of aromatic hydroxyl groups is 1. The fraction of sp³-hybridized carbons (Fsp3) is 0.293. The SMILES string of the molecule is CC(C)(C=O)COc1ccc2ccc(F)cc2c1.CC(C)(CO)CO[Si](c1ccccc1)(c1ccccc1)C(C)(C)C.CC(C)(CO)COc1ccc2ccc(F)cc2c1.CC(C)(COc1ccc2ccc(F)cc2c1)CO[Si](c1ccccc1)(c1ccccc1)C(C)(C)C.Oc1ccc2ccc(F)cc2c1. The zero-order chi connectivity index (χ0) is 77.9. The maximum atomic E-state index is 13.7. The number of halogens is 4. The van der Waals surface area contributed by atoms with Crippen molar-refractivity contribution in [1.29, 1.82) is 0 Å². The Morgan fingerprint density at radius 1 is 0.308 bits per heavy atom. The molecule has 0 saturated carbocycles. The lowest BCUT2D eigenvalue weighted by Crippen LogP contribution is -2.67. The quantitative estimate of drug-likeness (QED) is 0.0346. The molecule has 0 atom stereocenters. The number of benzene rings is 12. The Kier molecular flexibility index (Phi) is 28.3. The van der Waals surface area contributed by atoms with Crippen LogP contribution in [0.2, 0.25) is 10.1 Å². The highest BCUT2D eigenvalue weighted by Crippen LogP contribution is 2.40. The second-order valence-electron chi connectivity index (χ2n) is 32.3. The lowest BCUT2D eigenvalue weighted by molar-refractivity contribution is -0.116. The summed E-state index contributed by atoms with van der Waals surface area (Å²) in [5.41, 5.74) is -1.29. The van der Waals surface area contributed by atoms with Gasteiger partial charge in [0.05, 0.1) is 38.4 Å². The Balaban J connectivity index is 0.000000176. The number of fused-ring (bicyclic) bond motifs is 4. The summed E-state index contributed by atoms with van der Waals surface area (Å²) in [6, 6.07) is 82.9. The van der Waals surface area contributed by atoms with Gasteiger partial charge in [-0.2, -0.15) is 0 Å². The molecule has 12 aromatic rings. The van der Waals surface area contributed by atoms with E-state index in [1.54, 1.807) is 68.4 Å². The van der Waals surface area contributed by atoms with Crippen LogP contribution in [-0.4, -0.2) is 84.5 Å². The van der Waals surface area contributed by atoms with Crippen LogP contribution < -0.4 is 35.0 Å². The molecule has 0 saturated heterocycles. The summed E-state index contributed by atoms with van der Waals surface area (Å²) in [4.78, 5) is 10.8. The molecule has 0 radical (unpaired) electrons. The van der Waals surface area contributed by atoms with E-state index in [4.69, 9.17) is 33.3 Å². The summed E-state index contributed by atoms with van der Waals surface area (Å²) in [5, 5.41) is 39.9. The van der Waals surface area contributed by atoms with Gasteiger partial charge in [0.2, 0.25) is 0 Å². The highest BCUT2D eigenvalue weighted by molar-refractivity contribution is 7.00. The van der Waals surface area contributed by atoms with Crippen LogP contribution in [0.1, 0.15) is 96.9 Å².